The van der Waals surface area contributed by atoms with E-state index >= 15 is 0 Å². The van der Waals surface area contributed by atoms with Gasteiger partial charge in [0.05, 0.1) is 13.2 Å². The molecule has 7 heteroatoms. The van der Waals surface area contributed by atoms with Crippen LogP contribution in [0.5, 0.6) is 0 Å². The van der Waals surface area contributed by atoms with Crippen LogP contribution in [0.1, 0.15) is 32.1 Å². The molecule has 3 saturated heterocycles. The zero-order valence-corrected chi connectivity index (χ0v) is 14.5. The van der Waals surface area contributed by atoms with E-state index in [1.54, 1.807) is 0 Å². The molecule has 0 unspecified atom stereocenters. The molecule has 0 bridgehead atoms. The Morgan fingerprint density at radius 2 is 1.48 bits per heavy atom. The molecule has 1 spiro atoms. The highest BCUT2D eigenvalue weighted by Gasteiger charge is 2.37. The highest BCUT2D eigenvalue weighted by molar-refractivity contribution is 5.85. The molecule has 2 amide bonds. The third kappa shape index (κ3) is 4.58. The molecular weight excluding hydrogens is 318 g/mol. The van der Waals surface area contributed by atoms with Crippen LogP contribution in [0.4, 0.5) is 0 Å². The van der Waals surface area contributed by atoms with E-state index in [0.29, 0.717) is 44.6 Å². The van der Waals surface area contributed by atoms with Gasteiger partial charge in [0.2, 0.25) is 11.8 Å². The standard InChI is InChI=1S/C16H27N3O3.ClH/c20-14(1-2-15(21)19-9-11-22-12-10-19)18-7-4-16(5-8-18)3-6-17-13-16;/h17H,1-13H2;1H. The van der Waals surface area contributed by atoms with E-state index in [-0.39, 0.29) is 24.2 Å². The predicted molar refractivity (Wildman–Crippen MR) is 89.6 cm³/mol. The van der Waals surface area contributed by atoms with Gasteiger partial charge in [0.15, 0.2) is 0 Å². The Balaban J connectivity index is 0.00000192. The van der Waals surface area contributed by atoms with E-state index < -0.39 is 0 Å². The third-order valence-electron chi connectivity index (χ3n) is 5.43. The minimum Gasteiger partial charge on any atom is -0.378 e. The van der Waals surface area contributed by atoms with Crippen LogP contribution in [0.2, 0.25) is 0 Å². The fraction of sp³-hybridized carbons (Fsp3) is 0.875. The van der Waals surface area contributed by atoms with Gasteiger partial charge in [0.25, 0.3) is 0 Å². The lowest BCUT2D eigenvalue weighted by Crippen LogP contribution is -2.44. The Bertz CT molecular complexity index is 411. The van der Waals surface area contributed by atoms with E-state index in [4.69, 9.17) is 4.74 Å². The van der Waals surface area contributed by atoms with Crippen molar-refractivity contribution in [2.75, 3.05) is 52.5 Å². The van der Waals surface area contributed by atoms with Gasteiger partial charge in [-0.05, 0) is 31.2 Å². The average molecular weight is 346 g/mol. The number of hydrogen-bond acceptors (Lipinski definition) is 4. The molecule has 1 N–H and O–H groups in total. The van der Waals surface area contributed by atoms with Gasteiger partial charge in [-0.25, -0.2) is 0 Å². The summed E-state index contributed by atoms with van der Waals surface area (Å²) < 4.78 is 5.24. The SMILES string of the molecule is Cl.O=C(CCC(=O)N1CCC2(CCNC2)CC1)N1CCOCC1. The maximum absolute atomic E-state index is 12.3. The Labute approximate surface area is 144 Å². The van der Waals surface area contributed by atoms with Crippen LogP contribution < -0.4 is 5.32 Å². The monoisotopic (exact) mass is 345 g/mol. The summed E-state index contributed by atoms with van der Waals surface area (Å²) in [5.41, 5.74) is 0.431. The molecule has 23 heavy (non-hydrogen) atoms. The molecule has 0 aromatic rings. The topological polar surface area (TPSA) is 61.9 Å². The van der Waals surface area contributed by atoms with Crippen LogP contribution in [0.25, 0.3) is 0 Å². The van der Waals surface area contributed by atoms with Gasteiger partial charge < -0.3 is 19.9 Å². The lowest BCUT2D eigenvalue weighted by Gasteiger charge is -2.39. The van der Waals surface area contributed by atoms with Crippen LogP contribution in [0.15, 0.2) is 0 Å². The summed E-state index contributed by atoms with van der Waals surface area (Å²) in [4.78, 5) is 28.2. The molecule has 0 aliphatic carbocycles. The number of morpholine rings is 1. The summed E-state index contributed by atoms with van der Waals surface area (Å²) in [7, 11) is 0. The molecule has 3 aliphatic heterocycles. The second-order valence-electron chi connectivity index (χ2n) is 6.80. The van der Waals surface area contributed by atoms with Crippen LogP contribution in [0, 0.1) is 5.41 Å². The largest absolute Gasteiger partial charge is 0.378 e. The normalized spacial score (nSPS) is 23.7. The number of ether oxygens (including phenoxy) is 1. The molecule has 3 rings (SSSR count). The maximum Gasteiger partial charge on any atom is 0.223 e. The first-order valence-corrected chi connectivity index (χ1v) is 8.53. The number of piperidine rings is 1. The van der Waals surface area contributed by atoms with Crippen LogP contribution in [-0.2, 0) is 14.3 Å². The highest BCUT2D eigenvalue weighted by Crippen LogP contribution is 2.37. The van der Waals surface area contributed by atoms with Gasteiger partial charge in [-0.3, -0.25) is 9.59 Å². The molecule has 3 fully saturated rings. The Hall–Kier alpha value is -0.850. The van der Waals surface area contributed by atoms with Crippen LogP contribution in [0.3, 0.4) is 0 Å². The third-order valence-corrected chi connectivity index (χ3v) is 5.43. The number of nitrogens with one attached hydrogen (secondary N) is 1. The van der Waals surface area contributed by atoms with Gasteiger partial charge in [-0.2, -0.15) is 0 Å². The van der Waals surface area contributed by atoms with Gasteiger partial charge in [-0.15, -0.1) is 12.4 Å². The number of carbonyl (C=O) groups is 2. The smallest absolute Gasteiger partial charge is 0.223 e. The first kappa shape index (κ1) is 18.5. The lowest BCUT2D eigenvalue weighted by molar-refractivity contribution is -0.140. The Kier molecular flexibility index (Phi) is 6.68. The van der Waals surface area contributed by atoms with E-state index in [2.05, 4.69) is 5.32 Å². The molecule has 0 aromatic carbocycles. The van der Waals surface area contributed by atoms with E-state index in [1.165, 1.54) is 6.42 Å². The number of rotatable bonds is 3. The molecule has 0 aromatic heterocycles. The summed E-state index contributed by atoms with van der Waals surface area (Å²) in [6.07, 6.45) is 4.13. The molecule has 132 valence electrons. The van der Waals surface area contributed by atoms with Crippen molar-refractivity contribution in [3.8, 4) is 0 Å². The van der Waals surface area contributed by atoms with Crippen molar-refractivity contribution in [2.45, 2.75) is 32.1 Å². The predicted octanol–water partition coefficient (Wildman–Crippen LogP) is 0.649. The van der Waals surface area contributed by atoms with Crippen molar-refractivity contribution in [1.29, 1.82) is 0 Å². The zero-order valence-electron chi connectivity index (χ0n) is 13.7. The highest BCUT2D eigenvalue weighted by atomic mass is 35.5. The summed E-state index contributed by atoms with van der Waals surface area (Å²) in [6, 6.07) is 0. The molecule has 3 heterocycles. The second kappa shape index (κ2) is 8.31. The van der Waals surface area contributed by atoms with Crippen molar-refractivity contribution < 1.29 is 14.3 Å². The molecule has 0 saturated carbocycles. The molecule has 6 nitrogen and oxygen atoms in total. The number of halogens is 1. The van der Waals surface area contributed by atoms with Gasteiger partial charge >= 0.3 is 0 Å². The van der Waals surface area contributed by atoms with Crippen molar-refractivity contribution in [3.63, 3.8) is 0 Å². The van der Waals surface area contributed by atoms with E-state index in [9.17, 15) is 9.59 Å². The summed E-state index contributed by atoms with van der Waals surface area (Å²) >= 11 is 0. The second-order valence-corrected chi connectivity index (χ2v) is 6.80. The molecule has 0 radical (unpaired) electrons. The lowest BCUT2D eigenvalue weighted by atomic mass is 9.78. The van der Waals surface area contributed by atoms with Gasteiger partial charge in [0.1, 0.15) is 0 Å². The maximum atomic E-state index is 12.3. The summed E-state index contributed by atoms with van der Waals surface area (Å²) in [5.74, 6) is 0.229. The molecular formula is C16H28ClN3O3. The summed E-state index contributed by atoms with van der Waals surface area (Å²) in [5, 5.41) is 3.44. The van der Waals surface area contributed by atoms with Crippen molar-refractivity contribution >= 4 is 24.2 Å². The first-order valence-electron chi connectivity index (χ1n) is 8.53. The number of nitrogens with zero attached hydrogens (tertiary/aromatic N) is 2. The number of hydrogen-bond donors (Lipinski definition) is 1. The quantitative estimate of drug-likeness (QED) is 0.816. The number of likely N-dealkylation sites (tertiary alicyclic amines) is 1. The summed E-state index contributed by atoms with van der Waals surface area (Å²) in [6.45, 7) is 6.47. The van der Waals surface area contributed by atoms with E-state index in [1.807, 2.05) is 9.80 Å². The van der Waals surface area contributed by atoms with Crippen LogP contribution in [-0.4, -0.2) is 74.1 Å². The van der Waals surface area contributed by atoms with E-state index in [0.717, 1.165) is 39.0 Å². The van der Waals surface area contributed by atoms with Crippen LogP contribution >= 0.6 is 12.4 Å². The Morgan fingerprint density at radius 3 is 2.00 bits per heavy atom. The fourth-order valence-electron chi connectivity index (χ4n) is 3.80. The van der Waals surface area contributed by atoms with Crippen molar-refractivity contribution in [1.82, 2.24) is 15.1 Å². The van der Waals surface area contributed by atoms with Gasteiger partial charge in [0, 0.05) is 45.6 Å². The average Bonchev–Trinajstić information content (AvgIpc) is 3.02. The van der Waals surface area contributed by atoms with Crippen molar-refractivity contribution in [3.05, 3.63) is 0 Å². The minimum absolute atomic E-state index is 0. The molecule has 3 aliphatic rings. The number of carbonyl (C=O) groups excluding carboxylic acids is 2. The minimum atomic E-state index is 0. The Morgan fingerprint density at radius 1 is 0.913 bits per heavy atom. The zero-order chi connectivity index (χ0) is 15.4. The fourth-order valence-corrected chi connectivity index (χ4v) is 3.80. The van der Waals surface area contributed by atoms with Gasteiger partial charge in [-0.1, -0.05) is 0 Å². The molecule has 0 atom stereocenters. The van der Waals surface area contributed by atoms with Crippen molar-refractivity contribution in [2.24, 2.45) is 5.41 Å². The number of amides is 2. The first-order chi connectivity index (χ1) is 10.7.